The van der Waals surface area contributed by atoms with E-state index in [4.69, 9.17) is 5.73 Å². The third-order valence-electron chi connectivity index (χ3n) is 11.4. The van der Waals surface area contributed by atoms with Gasteiger partial charge in [0.25, 0.3) is 0 Å². The Labute approximate surface area is 237 Å². The van der Waals surface area contributed by atoms with E-state index in [1.54, 1.807) is 0 Å². The van der Waals surface area contributed by atoms with Gasteiger partial charge in [0.1, 0.15) is 5.60 Å². The number of likely N-dealkylation sites (N-methyl/N-ethyl adjacent to an activating group) is 1. The quantitative estimate of drug-likeness (QED) is 0.404. The number of hydrogen-bond acceptors (Lipinski definition) is 4. The standard InChI is InChI=1S/C35H52N2O2/c1-31(2,3)19-20-34(39)17-16-29-33(34,7)22-28(23-9-11-25(12-10-23)37(8)32(4,5)6)30-27-14-13-26(38)21-24(27)15-18-35(29,30)36/h9,11-12,21,23,27-30,39H,10,13-18,22,36H2,1-8H3/t23?,27?,28-,29-,30?,33?,34-,35?/m1/s1. The molecule has 0 aromatic rings. The molecule has 3 saturated carbocycles. The van der Waals surface area contributed by atoms with Crippen molar-refractivity contribution in [3.05, 3.63) is 35.6 Å². The first kappa shape index (κ1) is 28.7. The lowest BCUT2D eigenvalue weighted by Crippen LogP contribution is -2.69. The van der Waals surface area contributed by atoms with E-state index in [2.05, 4.69) is 90.5 Å². The summed E-state index contributed by atoms with van der Waals surface area (Å²) in [5.74, 6) is 8.76. The number of rotatable bonds is 2. The van der Waals surface area contributed by atoms with Gasteiger partial charge in [-0.1, -0.05) is 36.5 Å². The van der Waals surface area contributed by atoms with Crippen LogP contribution in [0.4, 0.5) is 0 Å². The molecule has 5 aliphatic carbocycles. The zero-order valence-electron chi connectivity index (χ0n) is 25.7. The zero-order chi connectivity index (χ0) is 28.6. The highest BCUT2D eigenvalue weighted by Gasteiger charge is 2.69. The van der Waals surface area contributed by atoms with Gasteiger partial charge in [-0.15, -0.1) is 0 Å². The predicted molar refractivity (Wildman–Crippen MR) is 159 cm³/mol. The third-order valence-corrected chi connectivity index (χ3v) is 11.4. The van der Waals surface area contributed by atoms with Crippen molar-refractivity contribution in [2.45, 2.75) is 117 Å². The molecule has 0 saturated heterocycles. The van der Waals surface area contributed by atoms with Crippen molar-refractivity contribution in [2.24, 2.45) is 46.2 Å². The molecule has 39 heavy (non-hydrogen) atoms. The molecule has 214 valence electrons. The van der Waals surface area contributed by atoms with E-state index in [1.807, 2.05) is 6.08 Å². The second-order valence-electron chi connectivity index (χ2n) is 15.8. The van der Waals surface area contributed by atoms with Gasteiger partial charge >= 0.3 is 0 Å². The minimum atomic E-state index is -1.02. The molecule has 5 rings (SSSR count). The molecule has 0 aromatic carbocycles. The highest BCUT2D eigenvalue weighted by atomic mass is 16.3. The van der Waals surface area contributed by atoms with Gasteiger partial charge in [-0.2, -0.15) is 0 Å². The van der Waals surface area contributed by atoms with E-state index in [0.717, 1.165) is 38.5 Å². The number of hydrogen-bond donors (Lipinski definition) is 2. The lowest BCUT2D eigenvalue weighted by Gasteiger charge is -2.64. The number of nitrogens with two attached hydrogens (primary N) is 1. The van der Waals surface area contributed by atoms with Crippen molar-refractivity contribution < 1.29 is 9.90 Å². The van der Waals surface area contributed by atoms with E-state index in [9.17, 15) is 9.90 Å². The summed E-state index contributed by atoms with van der Waals surface area (Å²) in [5.41, 5.74) is 8.48. The molecule has 0 radical (unpaired) electrons. The molecule has 3 fully saturated rings. The van der Waals surface area contributed by atoms with Crippen LogP contribution in [0.15, 0.2) is 35.6 Å². The number of fused-ring (bicyclic) bond motifs is 5. The fourth-order valence-electron chi connectivity index (χ4n) is 9.07. The Kier molecular flexibility index (Phi) is 6.88. The summed E-state index contributed by atoms with van der Waals surface area (Å²) in [6, 6.07) is 0. The molecule has 5 aliphatic rings. The van der Waals surface area contributed by atoms with E-state index in [-0.39, 0.29) is 33.6 Å². The van der Waals surface area contributed by atoms with Gasteiger partial charge in [0.2, 0.25) is 0 Å². The molecule has 0 spiro atoms. The largest absolute Gasteiger partial charge is 0.377 e. The van der Waals surface area contributed by atoms with Gasteiger partial charge in [0.15, 0.2) is 5.78 Å². The third kappa shape index (κ3) is 4.76. The zero-order valence-corrected chi connectivity index (χ0v) is 25.7. The summed E-state index contributed by atoms with van der Waals surface area (Å²) in [6.07, 6.45) is 16.0. The molecule has 3 N–H and O–H groups in total. The summed E-state index contributed by atoms with van der Waals surface area (Å²) < 4.78 is 0. The van der Waals surface area contributed by atoms with Crippen LogP contribution in [-0.2, 0) is 4.79 Å². The summed E-state index contributed by atoms with van der Waals surface area (Å²) >= 11 is 0. The summed E-state index contributed by atoms with van der Waals surface area (Å²) in [4.78, 5) is 14.8. The van der Waals surface area contributed by atoms with Crippen LogP contribution in [0.1, 0.15) is 99.8 Å². The molecule has 0 heterocycles. The van der Waals surface area contributed by atoms with E-state index >= 15 is 0 Å². The molecule has 0 amide bonds. The molecule has 0 bridgehead atoms. The second-order valence-corrected chi connectivity index (χ2v) is 15.8. The Morgan fingerprint density at radius 1 is 1.10 bits per heavy atom. The van der Waals surface area contributed by atoms with Crippen molar-refractivity contribution in [3.8, 4) is 11.8 Å². The Balaban J connectivity index is 1.56. The van der Waals surface area contributed by atoms with Gasteiger partial charge in [0.05, 0.1) is 0 Å². The second kappa shape index (κ2) is 9.35. The molecule has 4 heteroatoms. The van der Waals surface area contributed by atoms with Crippen molar-refractivity contribution in [3.63, 3.8) is 0 Å². The monoisotopic (exact) mass is 532 g/mol. The SMILES string of the molecule is CN(C1=CCC([C@H]2CC3(C)[C@@H](CC[C@@]3(O)C#CC(C)(C)C)C3(N)CCC4=CC(=O)CCC4C23)C=C1)C(C)(C)C. The number of carbonyl (C=O) groups excluding carboxylic acids is 1. The Morgan fingerprint density at radius 2 is 1.82 bits per heavy atom. The Morgan fingerprint density at radius 3 is 2.44 bits per heavy atom. The van der Waals surface area contributed by atoms with Crippen molar-refractivity contribution >= 4 is 5.78 Å². The highest BCUT2D eigenvalue weighted by molar-refractivity contribution is 5.91. The van der Waals surface area contributed by atoms with Crippen molar-refractivity contribution in [2.75, 3.05) is 7.05 Å². The topological polar surface area (TPSA) is 66.6 Å². The fraction of sp³-hybridized carbons (Fsp3) is 0.743. The van der Waals surface area contributed by atoms with Crippen LogP contribution < -0.4 is 5.73 Å². The van der Waals surface area contributed by atoms with Crippen LogP contribution in [-0.4, -0.2) is 39.5 Å². The average Bonchev–Trinajstić information content (AvgIpc) is 3.12. The van der Waals surface area contributed by atoms with Gasteiger partial charge in [-0.25, -0.2) is 0 Å². The number of ketones is 1. The first-order chi connectivity index (χ1) is 18.0. The number of aliphatic hydroxyl groups is 1. The Hall–Kier alpha value is -1.83. The maximum atomic E-state index is 12.4. The molecule has 0 aromatic heterocycles. The van der Waals surface area contributed by atoms with Crippen LogP contribution in [0.2, 0.25) is 0 Å². The van der Waals surface area contributed by atoms with Crippen molar-refractivity contribution in [1.29, 1.82) is 0 Å². The minimum Gasteiger partial charge on any atom is -0.377 e. The average molecular weight is 533 g/mol. The smallest absolute Gasteiger partial charge is 0.155 e. The fourth-order valence-corrected chi connectivity index (χ4v) is 9.07. The van der Waals surface area contributed by atoms with Gasteiger partial charge in [-0.3, -0.25) is 4.79 Å². The maximum absolute atomic E-state index is 12.4. The van der Waals surface area contributed by atoms with E-state index in [0.29, 0.717) is 36.5 Å². The van der Waals surface area contributed by atoms with E-state index < -0.39 is 5.60 Å². The lowest BCUT2D eigenvalue weighted by atomic mass is 9.43. The van der Waals surface area contributed by atoms with Crippen LogP contribution >= 0.6 is 0 Å². The number of allylic oxidation sites excluding steroid dienone is 4. The summed E-state index contributed by atoms with van der Waals surface area (Å²) in [6.45, 7) is 15.4. The maximum Gasteiger partial charge on any atom is 0.155 e. The molecular formula is C35H52N2O2. The summed E-state index contributed by atoms with van der Waals surface area (Å²) in [7, 11) is 2.18. The van der Waals surface area contributed by atoms with E-state index in [1.165, 1.54) is 11.3 Å². The lowest BCUT2D eigenvalue weighted by molar-refractivity contribution is -0.133. The Bertz CT molecular complexity index is 1170. The van der Waals surface area contributed by atoms with Crippen LogP contribution in [0.3, 0.4) is 0 Å². The van der Waals surface area contributed by atoms with Crippen LogP contribution in [0.5, 0.6) is 0 Å². The first-order valence-corrected chi connectivity index (χ1v) is 15.4. The summed E-state index contributed by atoms with van der Waals surface area (Å²) in [5, 5.41) is 12.3. The molecular weight excluding hydrogens is 480 g/mol. The normalized spacial score (nSPS) is 41.9. The van der Waals surface area contributed by atoms with Crippen LogP contribution in [0.25, 0.3) is 0 Å². The van der Waals surface area contributed by atoms with Crippen LogP contribution in [0, 0.1) is 52.3 Å². The molecule has 5 unspecified atom stereocenters. The van der Waals surface area contributed by atoms with Gasteiger partial charge < -0.3 is 15.7 Å². The number of carbonyl (C=O) groups is 1. The minimum absolute atomic E-state index is 0.0602. The predicted octanol–water partition coefficient (Wildman–Crippen LogP) is 6.41. The first-order valence-electron chi connectivity index (χ1n) is 15.4. The molecule has 0 aliphatic heterocycles. The highest BCUT2D eigenvalue weighted by Crippen LogP contribution is 2.68. The molecule has 8 atom stereocenters. The van der Waals surface area contributed by atoms with Gasteiger partial charge in [0, 0.05) is 41.1 Å². The number of nitrogens with zero attached hydrogens (tertiary/aromatic N) is 1. The van der Waals surface area contributed by atoms with Crippen molar-refractivity contribution in [1.82, 2.24) is 4.90 Å². The van der Waals surface area contributed by atoms with Gasteiger partial charge in [-0.05, 0) is 128 Å². The molecule has 4 nitrogen and oxygen atoms in total.